The molecule has 2 rings (SSSR count). The van der Waals surface area contributed by atoms with Crippen LogP contribution in [0.3, 0.4) is 0 Å². The van der Waals surface area contributed by atoms with Crippen LogP contribution in [0.25, 0.3) is 0 Å². The van der Waals surface area contributed by atoms with E-state index in [1.54, 1.807) is 24.3 Å². The van der Waals surface area contributed by atoms with Crippen LogP contribution in [0.2, 0.25) is 5.02 Å². The van der Waals surface area contributed by atoms with E-state index in [1.165, 1.54) is 26.4 Å². The molecule has 0 aromatic heterocycles. The Bertz CT molecular complexity index is 795. The summed E-state index contributed by atoms with van der Waals surface area (Å²) in [6.07, 6.45) is 0. The van der Waals surface area contributed by atoms with Gasteiger partial charge >= 0.3 is 0 Å². The number of amides is 2. The predicted octanol–water partition coefficient (Wildman–Crippen LogP) is 2.47. The summed E-state index contributed by atoms with van der Waals surface area (Å²) in [6, 6.07) is 9.79. The van der Waals surface area contributed by atoms with Crippen molar-refractivity contribution in [2.45, 2.75) is 0 Å². The second-order valence-corrected chi connectivity index (χ2v) is 5.34. The highest BCUT2D eigenvalue weighted by atomic mass is 35.5. The molecule has 132 valence electrons. The Labute approximate surface area is 149 Å². The maximum absolute atomic E-state index is 12.4. The molecule has 0 spiro atoms. The molecular weight excluding hydrogens is 348 g/mol. The maximum atomic E-state index is 12.4. The molecule has 0 atom stereocenters. The Balaban J connectivity index is 2.24. The Morgan fingerprint density at radius 3 is 2.56 bits per heavy atom. The van der Waals surface area contributed by atoms with Gasteiger partial charge in [-0.3, -0.25) is 9.59 Å². The molecule has 0 heterocycles. The number of hydrogen-bond donors (Lipinski definition) is 2. The predicted molar refractivity (Wildman–Crippen MR) is 93.6 cm³/mol. The van der Waals surface area contributed by atoms with Crippen LogP contribution in [0.15, 0.2) is 36.4 Å². The summed E-state index contributed by atoms with van der Waals surface area (Å²) in [5.41, 5.74) is 5.87. The Morgan fingerprint density at radius 1 is 1.16 bits per heavy atom. The molecule has 0 saturated carbocycles. The number of nitrogens with one attached hydrogen (secondary N) is 1. The average Bonchev–Trinajstić information content (AvgIpc) is 2.59. The van der Waals surface area contributed by atoms with Crippen molar-refractivity contribution in [3.05, 3.63) is 47.0 Å². The second-order valence-electron chi connectivity index (χ2n) is 4.93. The van der Waals surface area contributed by atoms with E-state index < -0.39 is 11.8 Å². The van der Waals surface area contributed by atoms with E-state index in [2.05, 4.69) is 5.32 Å². The fourth-order valence-corrected chi connectivity index (χ4v) is 2.30. The molecule has 3 N–H and O–H groups in total. The number of halogens is 1. The monoisotopic (exact) mass is 364 g/mol. The second kappa shape index (κ2) is 8.25. The number of anilines is 1. The van der Waals surface area contributed by atoms with Crippen LogP contribution in [0.5, 0.6) is 17.2 Å². The van der Waals surface area contributed by atoms with E-state index >= 15 is 0 Å². The van der Waals surface area contributed by atoms with Crippen molar-refractivity contribution in [1.82, 2.24) is 0 Å². The number of carbonyl (C=O) groups excluding carboxylic acids is 2. The van der Waals surface area contributed by atoms with Gasteiger partial charge in [0.25, 0.3) is 11.8 Å². The third-order valence-corrected chi connectivity index (χ3v) is 3.46. The lowest BCUT2D eigenvalue weighted by Gasteiger charge is -2.13. The summed E-state index contributed by atoms with van der Waals surface area (Å²) in [6.45, 7) is -0.356. The molecule has 0 aliphatic rings. The largest absolute Gasteiger partial charge is 0.497 e. The van der Waals surface area contributed by atoms with E-state index in [1.807, 2.05) is 0 Å². The molecule has 0 unspecified atom stereocenters. The lowest BCUT2D eigenvalue weighted by molar-refractivity contribution is -0.119. The highest BCUT2D eigenvalue weighted by molar-refractivity contribution is 6.32. The lowest BCUT2D eigenvalue weighted by atomic mass is 10.1. The highest BCUT2D eigenvalue weighted by Crippen LogP contribution is 2.36. The maximum Gasteiger partial charge on any atom is 0.255 e. The van der Waals surface area contributed by atoms with Gasteiger partial charge in [0.2, 0.25) is 0 Å². The van der Waals surface area contributed by atoms with Crippen molar-refractivity contribution in [1.29, 1.82) is 0 Å². The summed E-state index contributed by atoms with van der Waals surface area (Å²) in [5.74, 6) is -0.0816. The van der Waals surface area contributed by atoms with Gasteiger partial charge < -0.3 is 25.3 Å². The first-order chi connectivity index (χ1) is 11.9. The number of ether oxygens (including phenoxy) is 3. The van der Waals surface area contributed by atoms with Gasteiger partial charge in [-0.1, -0.05) is 17.7 Å². The summed E-state index contributed by atoms with van der Waals surface area (Å²) in [5, 5.41) is 2.85. The zero-order valence-electron chi connectivity index (χ0n) is 13.7. The average molecular weight is 365 g/mol. The number of rotatable bonds is 7. The number of methoxy groups -OCH3 is 2. The first-order valence-electron chi connectivity index (χ1n) is 7.18. The van der Waals surface area contributed by atoms with Crippen LogP contribution >= 0.6 is 11.6 Å². The number of primary amides is 1. The molecule has 8 heteroatoms. The minimum absolute atomic E-state index is 0.122. The number of hydrogen-bond acceptors (Lipinski definition) is 5. The molecule has 0 aliphatic carbocycles. The summed E-state index contributed by atoms with van der Waals surface area (Å²) in [4.78, 5) is 23.3. The minimum Gasteiger partial charge on any atom is -0.497 e. The number of benzene rings is 2. The summed E-state index contributed by atoms with van der Waals surface area (Å²) < 4.78 is 15.5. The molecular formula is C17H17ClN2O5. The first-order valence-corrected chi connectivity index (χ1v) is 7.56. The first kappa shape index (κ1) is 18.4. The van der Waals surface area contributed by atoms with Gasteiger partial charge in [-0.2, -0.15) is 0 Å². The lowest BCUT2D eigenvalue weighted by Crippen LogP contribution is -2.20. The molecule has 0 saturated heterocycles. The number of nitrogens with two attached hydrogens (primary N) is 1. The molecule has 25 heavy (non-hydrogen) atoms. The van der Waals surface area contributed by atoms with Crippen molar-refractivity contribution in [3.63, 3.8) is 0 Å². The van der Waals surface area contributed by atoms with Crippen LogP contribution in [0.1, 0.15) is 10.4 Å². The van der Waals surface area contributed by atoms with Crippen LogP contribution in [-0.2, 0) is 4.79 Å². The molecule has 0 radical (unpaired) electrons. The topological polar surface area (TPSA) is 99.9 Å². The molecule has 0 bridgehead atoms. The third-order valence-electron chi connectivity index (χ3n) is 3.18. The van der Waals surface area contributed by atoms with Crippen molar-refractivity contribution in [3.8, 4) is 17.2 Å². The van der Waals surface area contributed by atoms with Crippen LogP contribution < -0.4 is 25.3 Å². The normalized spacial score (nSPS) is 10.0. The van der Waals surface area contributed by atoms with E-state index in [4.69, 9.17) is 31.5 Å². The van der Waals surface area contributed by atoms with Crippen LogP contribution in [0, 0.1) is 0 Å². The van der Waals surface area contributed by atoms with Crippen LogP contribution in [0.4, 0.5) is 5.69 Å². The number of carbonyl (C=O) groups is 2. The van der Waals surface area contributed by atoms with Gasteiger partial charge in [0, 0.05) is 17.3 Å². The molecule has 0 fully saturated rings. The van der Waals surface area contributed by atoms with Crippen molar-refractivity contribution in [2.24, 2.45) is 5.73 Å². The molecule has 2 aromatic carbocycles. The molecule has 2 amide bonds. The van der Waals surface area contributed by atoms with Gasteiger partial charge in [-0.25, -0.2) is 0 Å². The Hall–Kier alpha value is -2.93. The molecule has 7 nitrogen and oxygen atoms in total. The van der Waals surface area contributed by atoms with Crippen molar-refractivity contribution in [2.75, 3.05) is 26.1 Å². The fraction of sp³-hybridized carbons (Fsp3) is 0.176. The van der Waals surface area contributed by atoms with Gasteiger partial charge in [0.15, 0.2) is 18.1 Å². The van der Waals surface area contributed by atoms with Gasteiger partial charge in [-0.15, -0.1) is 0 Å². The van der Waals surface area contributed by atoms with Gasteiger partial charge in [0.05, 0.1) is 19.2 Å². The smallest absolute Gasteiger partial charge is 0.255 e. The van der Waals surface area contributed by atoms with E-state index in [9.17, 15) is 9.59 Å². The molecule has 2 aromatic rings. The minimum atomic E-state index is -0.655. The highest BCUT2D eigenvalue weighted by Gasteiger charge is 2.17. The third kappa shape index (κ3) is 4.77. The van der Waals surface area contributed by atoms with Gasteiger partial charge in [0.1, 0.15) is 5.75 Å². The van der Waals surface area contributed by atoms with Crippen LogP contribution in [-0.4, -0.2) is 32.6 Å². The van der Waals surface area contributed by atoms with Gasteiger partial charge in [-0.05, 0) is 24.3 Å². The van der Waals surface area contributed by atoms with E-state index in [0.29, 0.717) is 11.4 Å². The fourth-order valence-electron chi connectivity index (χ4n) is 2.04. The standard InChI is InChI=1S/C17H17ClN2O5/c1-23-12-5-3-4-11(8-12)20-17(22)10-6-13(18)16(14(7-10)24-2)25-9-15(19)21/h3-8H,9H2,1-2H3,(H2,19,21)(H,20,22). The Morgan fingerprint density at radius 2 is 1.92 bits per heavy atom. The summed E-state index contributed by atoms with van der Waals surface area (Å²) in [7, 11) is 2.93. The SMILES string of the molecule is COc1cccc(NC(=O)c2cc(Cl)c(OCC(N)=O)c(OC)c2)c1. The molecule has 0 aliphatic heterocycles. The zero-order valence-corrected chi connectivity index (χ0v) is 14.4. The Kier molecular flexibility index (Phi) is 6.08. The van der Waals surface area contributed by atoms with Crippen molar-refractivity contribution < 1.29 is 23.8 Å². The summed E-state index contributed by atoms with van der Waals surface area (Å²) >= 11 is 6.13. The van der Waals surface area contributed by atoms with E-state index in [0.717, 1.165) is 0 Å². The van der Waals surface area contributed by atoms with Crippen molar-refractivity contribution >= 4 is 29.1 Å². The van der Waals surface area contributed by atoms with E-state index in [-0.39, 0.29) is 28.7 Å². The zero-order chi connectivity index (χ0) is 18.4. The quantitative estimate of drug-likeness (QED) is 0.786.